The number of carbonyl (C=O) groups excluding carboxylic acids is 2. The lowest BCUT2D eigenvalue weighted by molar-refractivity contribution is -0.139. The van der Waals surface area contributed by atoms with E-state index in [9.17, 15) is 28.3 Å². The highest BCUT2D eigenvalue weighted by molar-refractivity contribution is 6.01. The summed E-state index contributed by atoms with van der Waals surface area (Å²) in [4.78, 5) is 41.6. The maximum atomic E-state index is 14.0. The van der Waals surface area contributed by atoms with Crippen LogP contribution in [0, 0.1) is 0 Å². The van der Waals surface area contributed by atoms with Gasteiger partial charge < -0.3 is 15.3 Å². The van der Waals surface area contributed by atoms with Crippen molar-refractivity contribution in [3.8, 4) is 0 Å². The van der Waals surface area contributed by atoms with Gasteiger partial charge in [0.15, 0.2) is 5.69 Å². The molecule has 1 aliphatic heterocycles. The number of hydrogen-bond acceptors (Lipinski definition) is 5. The SMILES string of the molecule is CC(C)=C(F)CNC(=O)[C@@H]1C[C@@H](F)CN1C(=O)Cn1nc(C(=O)O)c2ccncc21. The van der Waals surface area contributed by atoms with Gasteiger partial charge in [-0.3, -0.25) is 19.3 Å². The molecule has 2 aromatic rings. The molecule has 0 radical (unpaired) electrons. The van der Waals surface area contributed by atoms with E-state index in [2.05, 4.69) is 15.4 Å². The summed E-state index contributed by atoms with van der Waals surface area (Å²) < 4.78 is 28.8. The molecule has 0 bridgehead atoms. The van der Waals surface area contributed by atoms with Gasteiger partial charge in [-0.15, -0.1) is 0 Å². The van der Waals surface area contributed by atoms with Gasteiger partial charge in [-0.2, -0.15) is 5.10 Å². The largest absolute Gasteiger partial charge is 0.476 e. The number of carboxylic acid groups (broad SMARTS) is 1. The number of aromatic carboxylic acids is 1. The summed E-state index contributed by atoms with van der Waals surface area (Å²) in [5, 5.41) is 15.9. The Balaban J connectivity index is 1.79. The first-order valence-corrected chi connectivity index (χ1v) is 9.26. The van der Waals surface area contributed by atoms with Crippen LogP contribution in [-0.4, -0.2) is 67.9 Å². The number of aromatic nitrogens is 3. The Morgan fingerprint density at radius 2 is 2.07 bits per heavy atom. The van der Waals surface area contributed by atoms with Crippen LogP contribution < -0.4 is 5.32 Å². The van der Waals surface area contributed by atoms with E-state index in [4.69, 9.17) is 0 Å². The molecule has 2 N–H and O–H groups in total. The number of likely N-dealkylation sites (tertiary alicyclic amines) is 1. The maximum Gasteiger partial charge on any atom is 0.357 e. The molecule has 0 unspecified atom stereocenters. The number of alkyl halides is 1. The normalized spacial score (nSPS) is 18.5. The maximum absolute atomic E-state index is 14.0. The van der Waals surface area contributed by atoms with Gasteiger partial charge >= 0.3 is 5.97 Å². The third-order valence-electron chi connectivity index (χ3n) is 4.87. The average molecular weight is 421 g/mol. The van der Waals surface area contributed by atoms with Crippen LogP contribution in [0.25, 0.3) is 10.9 Å². The average Bonchev–Trinajstić information content (AvgIpc) is 3.27. The van der Waals surface area contributed by atoms with Crippen LogP contribution in [0.5, 0.6) is 0 Å². The van der Waals surface area contributed by atoms with Gasteiger partial charge in [0.2, 0.25) is 11.8 Å². The Kier molecular flexibility index (Phi) is 6.09. The molecule has 30 heavy (non-hydrogen) atoms. The Morgan fingerprint density at radius 3 is 2.73 bits per heavy atom. The molecule has 3 rings (SSSR count). The van der Waals surface area contributed by atoms with Crippen molar-refractivity contribution in [1.82, 2.24) is 25.0 Å². The number of rotatable bonds is 6. The van der Waals surface area contributed by atoms with Crippen molar-refractivity contribution < 1.29 is 28.3 Å². The zero-order valence-electron chi connectivity index (χ0n) is 16.4. The van der Waals surface area contributed by atoms with Gasteiger partial charge in [0.25, 0.3) is 0 Å². The van der Waals surface area contributed by atoms with E-state index in [1.807, 2.05) is 0 Å². The number of nitrogens with one attached hydrogen (secondary N) is 1. The number of allylic oxidation sites excluding steroid dienone is 1. The van der Waals surface area contributed by atoms with Crippen molar-refractivity contribution >= 4 is 28.7 Å². The van der Waals surface area contributed by atoms with Gasteiger partial charge in [-0.1, -0.05) is 0 Å². The van der Waals surface area contributed by atoms with E-state index in [-0.39, 0.29) is 25.2 Å². The number of fused-ring (bicyclic) bond motifs is 1. The second-order valence-electron chi connectivity index (χ2n) is 7.22. The molecule has 160 valence electrons. The topological polar surface area (TPSA) is 117 Å². The van der Waals surface area contributed by atoms with Crippen LogP contribution in [0.2, 0.25) is 0 Å². The van der Waals surface area contributed by atoms with Gasteiger partial charge in [-0.05, 0) is 25.5 Å². The van der Waals surface area contributed by atoms with E-state index in [1.54, 1.807) is 13.8 Å². The molecule has 0 aliphatic carbocycles. The molecule has 11 heteroatoms. The quantitative estimate of drug-likeness (QED) is 0.729. The molecule has 1 aliphatic rings. The second kappa shape index (κ2) is 8.56. The van der Waals surface area contributed by atoms with E-state index < -0.39 is 42.4 Å². The first-order valence-electron chi connectivity index (χ1n) is 9.26. The lowest BCUT2D eigenvalue weighted by Gasteiger charge is -2.23. The van der Waals surface area contributed by atoms with Gasteiger partial charge in [0.05, 0.1) is 24.8 Å². The zero-order chi connectivity index (χ0) is 22.0. The summed E-state index contributed by atoms with van der Waals surface area (Å²) >= 11 is 0. The molecule has 1 fully saturated rings. The minimum absolute atomic E-state index is 0.199. The highest BCUT2D eigenvalue weighted by Crippen LogP contribution is 2.23. The highest BCUT2D eigenvalue weighted by atomic mass is 19.1. The summed E-state index contributed by atoms with van der Waals surface area (Å²) in [5.41, 5.74) is 0.494. The number of carboxylic acids is 1. The van der Waals surface area contributed by atoms with E-state index >= 15 is 0 Å². The molecule has 0 spiro atoms. The van der Waals surface area contributed by atoms with Crippen molar-refractivity contribution in [2.24, 2.45) is 0 Å². The predicted molar refractivity (Wildman–Crippen MR) is 102 cm³/mol. The van der Waals surface area contributed by atoms with Crippen LogP contribution >= 0.6 is 0 Å². The van der Waals surface area contributed by atoms with Gasteiger partial charge in [0.1, 0.15) is 24.6 Å². The fourth-order valence-electron chi connectivity index (χ4n) is 3.29. The number of carbonyl (C=O) groups is 3. The fraction of sp³-hybridized carbons (Fsp3) is 0.421. The number of hydrogen-bond donors (Lipinski definition) is 2. The Labute approximate surface area is 170 Å². The number of amides is 2. The smallest absolute Gasteiger partial charge is 0.357 e. The predicted octanol–water partition coefficient (Wildman–Crippen LogP) is 1.45. The molecular formula is C19H21F2N5O4. The molecule has 0 aromatic carbocycles. The van der Waals surface area contributed by atoms with E-state index in [1.165, 1.54) is 18.5 Å². The number of nitrogens with zero attached hydrogens (tertiary/aromatic N) is 4. The Morgan fingerprint density at radius 1 is 1.33 bits per heavy atom. The van der Waals surface area contributed by atoms with Crippen LogP contribution in [-0.2, 0) is 16.1 Å². The molecule has 1 saturated heterocycles. The minimum atomic E-state index is -1.40. The standard InChI is InChI=1S/C19H21F2N5O4/c1-10(2)13(21)6-23-18(28)14-5-11(20)8-25(14)16(27)9-26-15-7-22-4-3-12(15)17(24-26)19(29)30/h3-4,7,11,14H,5-6,8-9H2,1-2H3,(H,23,28)(H,29,30)/t11-,14+/m1/s1. The van der Waals surface area contributed by atoms with Crippen LogP contribution in [0.4, 0.5) is 8.78 Å². The van der Waals surface area contributed by atoms with Crippen molar-refractivity contribution in [1.29, 1.82) is 0 Å². The molecule has 2 atom stereocenters. The van der Waals surface area contributed by atoms with Crippen LogP contribution in [0.15, 0.2) is 29.9 Å². The summed E-state index contributed by atoms with van der Waals surface area (Å²) in [6.45, 7) is 2.09. The van der Waals surface area contributed by atoms with Crippen molar-refractivity contribution in [2.45, 2.75) is 39.0 Å². The summed E-state index contributed by atoms with van der Waals surface area (Å²) in [5.74, 6) is -3.03. The zero-order valence-corrected chi connectivity index (χ0v) is 16.4. The lowest BCUT2D eigenvalue weighted by atomic mass is 10.2. The van der Waals surface area contributed by atoms with E-state index in [0.717, 1.165) is 9.58 Å². The summed E-state index contributed by atoms with van der Waals surface area (Å²) in [6.07, 6.45) is 1.18. The first-order chi connectivity index (χ1) is 14.2. The van der Waals surface area contributed by atoms with Crippen LogP contribution in [0.3, 0.4) is 0 Å². The molecular weight excluding hydrogens is 400 g/mol. The number of pyridine rings is 1. The summed E-state index contributed by atoms with van der Waals surface area (Å²) in [6, 6.07) is 0.380. The molecule has 0 saturated carbocycles. The highest BCUT2D eigenvalue weighted by Gasteiger charge is 2.40. The van der Waals surface area contributed by atoms with Gasteiger partial charge in [0, 0.05) is 18.0 Å². The summed E-state index contributed by atoms with van der Waals surface area (Å²) in [7, 11) is 0. The molecule has 2 amide bonds. The molecule has 2 aromatic heterocycles. The van der Waals surface area contributed by atoms with E-state index in [0.29, 0.717) is 16.5 Å². The minimum Gasteiger partial charge on any atom is -0.476 e. The van der Waals surface area contributed by atoms with Crippen LogP contribution in [0.1, 0.15) is 30.8 Å². The third-order valence-corrected chi connectivity index (χ3v) is 4.87. The molecule has 3 heterocycles. The monoisotopic (exact) mass is 421 g/mol. The van der Waals surface area contributed by atoms with Gasteiger partial charge in [-0.25, -0.2) is 13.6 Å². The van der Waals surface area contributed by atoms with Crippen molar-refractivity contribution in [3.05, 3.63) is 35.6 Å². The Bertz CT molecular complexity index is 1030. The third kappa shape index (κ3) is 4.29. The lowest BCUT2D eigenvalue weighted by Crippen LogP contribution is -2.47. The van der Waals surface area contributed by atoms with Crippen molar-refractivity contribution in [2.75, 3.05) is 13.1 Å². The van der Waals surface area contributed by atoms with Crippen molar-refractivity contribution in [3.63, 3.8) is 0 Å². The Hall–Kier alpha value is -3.37. The number of halogens is 2. The molecule has 9 nitrogen and oxygen atoms in total. The fourth-order valence-corrected chi connectivity index (χ4v) is 3.29. The first kappa shape index (κ1) is 21.3. The second-order valence-corrected chi connectivity index (χ2v) is 7.22.